The number of aromatic nitrogens is 3. The lowest BCUT2D eigenvalue weighted by Crippen LogP contribution is -2.05. The van der Waals surface area contributed by atoms with E-state index in [4.69, 9.17) is 16.3 Å². The number of thiazole rings is 1. The van der Waals surface area contributed by atoms with E-state index in [-0.39, 0.29) is 10.6 Å². The molecular formula is C19H14ClN3O3S2. The zero-order chi connectivity index (χ0) is 19.7. The maximum atomic E-state index is 12.7. The predicted molar refractivity (Wildman–Crippen MR) is 110 cm³/mol. The summed E-state index contributed by atoms with van der Waals surface area (Å²) in [5.74, 6) is 0.432. The summed E-state index contributed by atoms with van der Waals surface area (Å²) in [6, 6.07) is 10.2. The molecule has 0 unspecified atom stereocenters. The van der Waals surface area contributed by atoms with Crippen molar-refractivity contribution in [3.05, 3.63) is 64.2 Å². The van der Waals surface area contributed by atoms with Gasteiger partial charge < -0.3 is 4.74 Å². The topological polar surface area (TPSA) is 82.0 Å². The molecule has 0 N–H and O–H groups in total. The molecule has 4 rings (SSSR count). The van der Waals surface area contributed by atoms with Crippen molar-refractivity contribution in [3.63, 3.8) is 0 Å². The third-order valence-electron chi connectivity index (χ3n) is 4.21. The molecule has 0 bridgehead atoms. The van der Waals surface area contributed by atoms with Crippen molar-refractivity contribution < 1.29 is 13.2 Å². The number of fused-ring (bicyclic) bond motifs is 1. The monoisotopic (exact) mass is 431 g/mol. The van der Waals surface area contributed by atoms with Crippen molar-refractivity contribution in [1.82, 2.24) is 15.2 Å². The van der Waals surface area contributed by atoms with Crippen LogP contribution in [0.5, 0.6) is 5.75 Å². The Hall–Kier alpha value is -2.55. The van der Waals surface area contributed by atoms with E-state index in [2.05, 4.69) is 15.2 Å². The number of rotatable bonds is 5. The van der Waals surface area contributed by atoms with E-state index in [1.54, 1.807) is 61.3 Å². The molecule has 0 saturated carbocycles. The minimum Gasteiger partial charge on any atom is -0.496 e. The molecule has 0 amide bonds. The summed E-state index contributed by atoms with van der Waals surface area (Å²) in [5, 5.41) is 12.6. The Kier molecular flexibility index (Phi) is 5.01. The van der Waals surface area contributed by atoms with Gasteiger partial charge in [-0.2, -0.15) is 5.10 Å². The van der Waals surface area contributed by atoms with Crippen LogP contribution in [0.2, 0.25) is 5.02 Å². The molecule has 0 aliphatic carbocycles. The highest BCUT2D eigenvalue weighted by molar-refractivity contribution is 7.90. The van der Waals surface area contributed by atoms with E-state index < -0.39 is 9.84 Å². The van der Waals surface area contributed by atoms with E-state index in [9.17, 15) is 8.42 Å². The average Bonchev–Trinajstić information content (AvgIpc) is 3.19. The number of ether oxygens (including phenoxy) is 1. The number of hydrogen-bond donors (Lipinski definition) is 0. The lowest BCUT2D eigenvalue weighted by atomic mass is 10.0. The van der Waals surface area contributed by atoms with Crippen LogP contribution in [-0.4, -0.2) is 30.7 Å². The molecule has 0 fully saturated rings. The third-order valence-corrected chi connectivity index (χ3v) is 7.03. The van der Waals surface area contributed by atoms with Crippen molar-refractivity contribution in [2.75, 3.05) is 7.11 Å². The minimum absolute atomic E-state index is 0.132. The number of benzene rings is 2. The van der Waals surface area contributed by atoms with Gasteiger partial charge in [0, 0.05) is 32.9 Å². The molecule has 0 aliphatic rings. The molecule has 2 aromatic heterocycles. The highest BCUT2D eigenvalue weighted by Crippen LogP contribution is 2.35. The zero-order valence-corrected chi connectivity index (χ0v) is 17.1. The molecule has 0 spiro atoms. The fourth-order valence-corrected chi connectivity index (χ4v) is 5.34. The standard InChI is InChI=1S/C19H14ClN3O3S2/c1-26-17-9-13(20)2-4-16(17)19-15-5-3-14(8-12(15)10-22-23-19)28(24,25)11-18-21-6-7-27-18/h2-10H,11H2,1H3. The highest BCUT2D eigenvalue weighted by atomic mass is 35.5. The van der Waals surface area contributed by atoms with Crippen LogP contribution in [0.1, 0.15) is 5.01 Å². The average molecular weight is 432 g/mol. The van der Waals surface area contributed by atoms with Crippen molar-refractivity contribution in [2.24, 2.45) is 0 Å². The van der Waals surface area contributed by atoms with E-state index in [0.29, 0.717) is 26.9 Å². The van der Waals surface area contributed by atoms with Crippen LogP contribution in [0, 0.1) is 0 Å². The Bertz CT molecular complexity index is 1260. The van der Waals surface area contributed by atoms with E-state index in [0.717, 1.165) is 10.9 Å². The Morgan fingerprint density at radius 1 is 1.18 bits per heavy atom. The second kappa shape index (κ2) is 7.46. The first-order valence-electron chi connectivity index (χ1n) is 8.18. The maximum absolute atomic E-state index is 12.7. The van der Waals surface area contributed by atoms with Crippen LogP contribution in [-0.2, 0) is 15.6 Å². The third kappa shape index (κ3) is 3.58. The number of methoxy groups -OCH3 is 1. The molecule has 0 saturated heterocycles. The highest BCUT2D eigenvalue weighted by Gasteiger charge is 2.19. The Labute approximate surface area is 170 Å². The van der Waals surface area contributed by atoms with Crippen LogP contribution < -0.4 is 4.74 Å². The summed E-state index contributed by atoms with van der Waals surface area (Å²) in [5.41, 5.74) is 1.32. The first-order valence-corrected chi connectivity index (χ1v) is 11.1. The minimum atomic E-state index is -3.51. The summed E-state index contributed by atoms with van der Waals surface area (Å²) in [4.78, 5) is 4.28. The van der Waals surface area contributed by atoms with Crippen molar-refractivity contribution >= 4 is 43.5 Å². The predicted octanol–water partition coefficient (Wildman–Crippen LogP) is 4.39. The zero-order valence-electron chi connectivity index (χ0n) is 14.7. The Morgan fingerprint density at radius 2 is 2.04 bits per heavy atom. The van der Waals surface area contributed by atoms with Gasteiger partial charge in [0.1, 0.15) is 22.2 Å². The molecule has 4 aromatic rings. The first-order chi connectivity index (χ1) is 13.5. The van der Waals surface area contributed by atoms with Crippen LogP contribution in [0.3, 0.4) is 0 Å². The molecule has 6 nitrogen and oxygen atoms in total. The smallest absolute Gasteiger partial charge is 0.184 e. The number of sulfone groups is 1. The number of nitrogens with zero attached hydrogens (tertiary/aromatic N) is 3. The molecule has 142 valence electrons. The van der Waals surface area contributed by atoms with Gasteiger partial charge in [-0.1, -0.05) is 17.7 Å². The Morgan fingerprint density at radius 3 is 2.79 bits per heavy atom. The molecule has 0 aliphatic heterocycles. The second-order valence-electron chi connectivity index (χ2n) is 5.97. The molecule has 9 heteroatoms. The van der Waals surface area contributed by atoms with Gasteiger partial charge >= 0.3 is 0 Å². The van der Waals surface area contributed by atoms with Crippen LogP contribution in [0.15, 0.2) is 59.1 Å². The summed E-state index contributed by atoms with van der Waals surface area (Å²) in [7, 11) is -1.96. The fourth-order valence-electron chi connectivity index (χ4n) is 2.89. The SMILES string of the molecule is COc1cc(Cl)ccc1-c1nncc2cc(S(=O)(=O)Cc3nccs3)ccc12. The van der Waals surface area contributed by atoms with Gasteiger partial charge in [-0.05, 0) is 30.3 Å². The lowest BCUT2D eigenvalue weighted by Gasteiger charge is -2.11. The summed E-state index contributed by atoms with van der Waals surface area (Å²) in [6.45, 7) is 0. The quantitative estimate of drug-likeness (QED) is 0.466. The summed E-state index contributed by atoms with van der Waals surface area (Å²) >= 11 is 7.36. The molecule has 28 heavy (non-hydrogen) atoms. The van der Waals surface area contributed by atoms with Crippen molar-refractivity contribution in [1.29, 1.82) is 0 Å². The molecule has 0 radical (unpaired) electrons. The van der Waals surface area contributed by atoms with Gasteiger partial charge in [0.25, 0.3) is 0 Å². The molecule has 2 aromatic carbocycles. The first kappa shape index (κ1) is 18.8. The second-order valence-corrected chi connectivity index (χ2v) is 9.38. The summed E-state index contributed by atoms with van der Waals surface area (Å²) in [6.07, 6.45) is 3.14. The Balaban J connectivity index is 1.81. The van der Waals surface area contributed by atoms with Crippen LogP contribution in [0.4, 0.5) is 0 Å². The van der Waals surface area contributed by atoms with Gasteiger partial charge in [0.05, 0.1) is 18.2 Å². The van der Waals surface area contributed by atoms with Gasteiger partial charge in [-0.3, -0.25) is 0 Å². The molecular weight excluding hydrogens is 418 g/mol. The van der Waals surface area contributed by atoms with Gasteiger partial charge in [-0.15, -0.1) is 16.4 Å². The lowest BCUT2D eigenvalue weighted by molar-refractivity contribution is 0.416. The fraction of sp³-hybridized carbons (Fsp3) is 0.105. The van der Waals surface area contributed by atoms with Crippen molar-refractivity contribution in [2.45, 2.75) is 10.6 Å². The van der Waals surface area contributed by atoms with Gasteiger partial charge in [0.15, 0.2) is 9.84 Å². The summed E-state index contributed by atoms with van der Waals surface area (Å²) < 4.78 is 30.9. The largest absolute Gasteiger partial charge is 0.496 e. The maximum Gasteiger partial charge on any atom is 0.184 e. The van der Waals surface area contributed by atoms with E-state index in [1.807, 2.05) is 0 Å². The van der Waals surface area contributed by atoms with Crippen LogP contribution >= 0.6 is 22.9 Å². The number of halogens is 1. The van der Waals surface area contributed by atoms with E-state index in [1.165, 1.54) is 11.3 Å². The van der Waals surface area contributed by atoms with Gasteiger partial charge in [-0.25, -0.2) is 13.4 Å². The normalized spacial score (nSPS) is 11.6. The number of hydrogen-bond acceptors (Lipinski definition) is 7. The van der Waals surface area contributed by atoms with Crippen LogP contribution in [0.25, 0.3) is 22.0 Å². The molecule has 0 atom stereocenters. The van der Waals surface area contributed by atoms with Gasteiger partial charge in [0.2, 0.25) is 0 Å². The van der Waals surface area contributed by atoms with Crippen molar-refractivity contribution in [3.8, 4) is 17.0 Å². The van der Waals surface area contributed by atoms with E-state index >= 15 is 0 Å². The molecule has 2 heterocycles.